The molecule has 1 aromatic rings. The predicted molar refractivity (Wildman–Crippen MR) is 82.7 cm³/mol. The van der Waals surface area contributed by atoms with Crippen molar-refractivity contribution in [1.29, 1.82) is 0 Å². The Labute approximate surface area is 126 Å². The van der Waals surface area contributed by atoms with Crippen LogP contribution in [0.2, 0.25) is 0 Å². The van der Waals surface area contributed by atoms with Crippen LogP contribution in [0.1, 0.15) is 44.9 Å². The number of ether oxygens (including phenoxy) is 2. The van der Waals surface area contributed by atoms with E-state index < -0.39 is 0 Å². The number of carbonyl (C=O) groups excluding carboxylic acids is 1. The molecule has 0 atom stereocenters. The second-order valence-corrected chi connectivity index (χ2v) is 5.58. The van der Waals surface area contributed by atoms with Crippen molar-refractivity contribution in [1.82, 2.24) is 5.32 Å². The average molecular weight is 291 g/mol. The van der Waals surface area contributed by atoms with Gasteiger partial charge >= 0.3 is 0 Å². The molecule has 1 amide bonds. The molecule has 2 rings (SSSR count). The minimum atomic E-state index is -0.0385. The largest absolute Gasteiger partial charge is 0.497 e. The summed E-state index contributed by atoms with van der Waals surface area (Å²) in [5.41, 5.74) is 0. The van der Waals surface area contributed by atoms with Crippen LogP contribution in [0.4, 0.5) is 0 Å². The molecule has 1 aromatic carbocycles. The highest BCUT2D eigenvalue weighted by Gasteiger charge is 2.14. The molecule has 4 heteroatoms. The molecular weight excluding hydrogens is 266 g/mol. The van der Waals surface area contributed by atoms with Crippen LogP contribution >= 0.6 is 0 Å². The molecule has 1 aliphatic carbocycles. The van der Waals surface area contributed by atoms with Gasteiger partial charge in [0.25, 0.3) is 5.91 Å². The summed E-state index contributed by atoms with van der Waals surface area (Å²) < 4.78 is 10.6. The first-order valence-corrected chi connectivity index (χ1v) is 7.84. The van der Waals surface area contributed by atoms with Crippen molar-refractivity contribution >= 4 is 5.91 Å². The van der Waals surface area contributed by atoms with E-state index in [1.54, 1.807) is 13.2 Å². The van der Waals surface area contributed by atoms with Crippen molar-refractivity contribution in [2.45, 2.75) is 51.0 Å². The van der Waals surface area contributed by atoms with Gasteiger partial charge in [-0.2, -0.15) is 0 Å². The summed E-state index contributed by atoms with van der Waals surface area (Å²) in [7, 11) is 1.61. The molecule has 0 bridgehead atoms. The van der Waals surface area contributed by atoms with Gasteiger partial charge in [0, 0.05) is 12.1 Å². The van der Waals surface area contributed by atoms with Crippen LogP contribution in [0, 0.1) is 0 Å². The van der Waals surface area contributed by atoms with Crippen molar-refractivity contribution in [2.24, 2.45) is 0 Å². The lowest BCUT2D eigenvalue weighted by Gasteiger charge is -2.21. The van der Waals surface area contributed by atoms with Gasteiger partial charge in [0.1, 0.15) is 11.5 Å². The van der Waals surface area contributed by atoms with Gasteiger partial charge in [-0.25, -0.2) is 0 Å². The molecule has 21 heavy (non-hydrogen) atoms. The smallest absolute Gasteiger partial charge is 0.258 e. The van der Waals surface area contributed by atoms with Gasteiger partial charge in [-0.3, -0.25) is 4.79 Å². The second kappa shape index (κ2) is 8.55. The highest BCUT2D eigenvalue weighted by Crippen LogP contribution is 2.19. The Bertz CT molecular complexity index is 439. The van der Waals surface area contributed by atoms with Gasteiger partial charge < -0.3 is 14.8 Å². The topological polar surface area (TPSA) is 47.6 Å². The second-order valence-electron chi connectivity index (χ2n) is 5.58. The third-order valence-corrected chi connectivity index (χ3v) is 3.88. The van der Waals surface area contributed by atoms with Crippen LogP contribution in [0.5, 0.6) is 11.5 Å². The zero-order chi connectivity index (χ0) is 14.9. The summed E-state index contributed by atoms with van der Waals surface area (Å²) >= 11 is 0. The number of rotatable bonds is 5. The predicted octanol–water partition coefficient (Wildman–Crippen LogP) is 3.30. The van der Waals surface area contributed by atoms with Crippen LogP contribution < -0.4 is 14.8 Å². The van der Waals surface area contributed by atoms with E-state index in [9.17, 15) is 4.79 Å². The van der Waals surface area contributed by atoms with Crippen LogP contribution in [0.15, 0.2) is 24.3 Å². The maximum absolute atomic E-state index is 12.0. The van der Waals surface area contributed by atoms with E-state index in [0.717, 1.165) is 18.6 Å². The molecule has 0 saturated heterocycles. The SMILES string of the molecule is COc1cccc(OCC(=O)NC2CCCCCCC2)c1. The van der Waals surface area contributed by atoms with Gasteiger partial charge in [0.15, 0.2) is 6.61 Å². The van der Waals surface area contributed by atoms with E-state index in [2.05, 4.69) is 5.32 Å². The molecule has 0 radical (unpaired) electrons. The molecule has 116 valence electrons. The first kappa shape index (κ1) is 15.7. The van der Waals surface area contributed by atoms with E-state index in [0.29, 0.717) is 11.8 Å². The number of amides is 1. The Balaban J connectivity index is 1.75. The third-order valence-electron chi connectivity index (χ3n) is 3.88. The number of benzene rings is 1. The summed E-state index contributed by atoms with van der Waals surface area (Å²) in [6.07, 6.45) is 8.50. The lowest BCUT2D eigenvalue weighted by Crippen LogP contribution is -2.38. The Morgan fingerprint density at radius 3 is 2.52 bits per heavy atom. The van der Waals surface area contributed by atoms with E-state index in [4.69, 9.17) is 9.47 Å². The van der Waals surface area contributed by atoms with Gasteiger partial charge in [-0.1, -0.05) is 38.2 Å². The van der Waals surface area contributed by atoms with Crippen molar-refractivity contribution in [2.75, 3.05) is 13.7 Å². The minimum absolute atomic E-state index is 0.0385. The number of methoxy groups -OCH3 is 1. The lowest BCUT2D eigenvalue weighted by atomic mass is 9.97. The zero-order valence-electron chi connectivity index (χ0n) is 12.8. The molecule has 0 unspecified atom stereocenters. The molecule has 0 aromatic heterocycles. The van der Waals surface area contributed by atoms with Crippen LogP contribution in [0.25, 0.3) is 0 Å². The van der Waals surface area contributed by atoms with Gasteiger partial charge in [-0.15, -0.1) is 0 Å². The fourth-order valence-corrected chi connectivity index (χ4v) is 2.71. The third kappa shape index (κ3) is 5.66. The Hall–Kier alpha value is -1.71. The summed E-state index contributed by atoms with van der Waals surface area (Å²) in [5, 5.41) is 3.09. The number of hydrogen-bond acceptors (Lipinski definition) is 3. The fourth-order valence-electron chi connectivity index (χ4n) is 2.71. The molecule has 1 aliphatic rings. The average Bonchev–Trinajstić information content (AvgIpc) is 2.48. The van der Waals surface area contributed by atoms with Gasteiger partial charge in [0.05, 0.1) is 7.11 Å². The maximum atomic E-state index is 12.0. The molecular formula is C17H25NO3. The number of nitrogens with one attached hydrogen (secondary N) is 1. The summed E-state index contributed by atoms with van der Waals surface area (Å²) in [6.45, 7) is 0.0592. The maximum Gasteiger partial charge on any atom is 0.258 e. The van der Waals surface area contributed by atoms with Crippen molar-refractivity contribution in [3.63, 3.8) is 0 Å². The monoisotopic (exact) mass is 291 g/mol. The summed E-state index contributed by atoms with van der Waals surface area (Å²) in [5.74, 6) is 1.35. The first-order chi connectivity index (χ1) is 10.3. The molecule has 0 aliphatic heterocycles. The lowest BCUT2D eigenvalue weighted by molar-refractivity contribution is -0.123. The fraction of sp³-hybridized carbons (Fsp3) is 0.588. The van der Waals surface area contributed by atoms with E-state index in [-0.39, 0.29) is 12.5 Å². The van der Waals surface area contributed by atoms with E-state index >= 15 is 0 Å². The molecule has 1 fully saturated rings. The van der Waals surface area contributed by atoms with Crippen molar-refractivity contribution in [3.05, 3.63) is 24.3 Å². The quantitative estimate of drug-likeness (QED) is 0.905. The normalized spacial score (nSPS) is 16.6. The van der Waals surface area contributed by atoms with Crippen LogP contribution in [0.3, 0.4) is 0 Å². The molecule has 0 spiro atoms. The Kier molecular flexibility index (Phi) is 6.38. The highest BCUT2D eigenvalue weighted by atomic mass is 16.5. The van der Waals surface area contributed by atoms with Gasteiger partial charge in [-0.05, 0) is 25.0 Å². The minimum Gasteiger partial charge on any atom is -0.497 e. The first-order valence-electron chi connectivity index (χ1n) is 7.84. The van der Waals surface area contributed by atoms with E-state index in [1.165, 1.54) is 32.1 Å². The molecule has 1 N–H and O–H groups in total. The molecule has 0 heterocycles. The van der Waals surface area contributed by atoms with Crippen LogP contribution in [-0.4, -0.2) is 25.7 Å². The zero-order valence-corrected chi connectivity index (χ0v) is 12.8. The summed E-state index contributed by atoms with van der Waals surface area (Å²) in [4.78, 5) is 12.0. The van der Waals surface area contributed by atoms with Gasteiger partial charge in [0.2, 0.25) is 0 Å². The number of hydrogen-bond donors (Lipinski definition) is 1. The highest BCUT2D eigenvalue weighted by molar-refractivity contribution is 5.77. The van der Waals surface area contributed by atoms with Crippen molar-refractivity contribution in [3.8, 4) is 11.5 Å². The Morgan fingerprint density at radius 1 is 1.14 bits per heavy atom. The van der Waals surface area contributed by atoms with E-state index in [1.807, 2.05) is 18.2 Å². The number of carbonyl (C=O) groups is 1. The van der Waals surface area contributed by atoms with Crippen molar-refractivity contribution < 1.29 is 14.3 Å². The summed E-state index contributed by atoms with van der Waals surface area (Å²) in [6, 6.07) is 7.61. The molecule has 4 nitrogen and oxygen atoms in total. The Morgan fingerprint density at radius 2 is 1.81 bits per heavy atom. The standard InChI is InChI=1S/C17H25NO3/c1-20-15-10-7-11-16(12-15)21-13-17(19)18-14-8-5-3-2-4-6-9-14/h7,10-12,14H,2-6,8-9,13H2,1H3,(H,18,19). The van der Waals surface area contributed by atoms with Crippen LogP contribution in [-0.2, 0) is 4.79 Å². The molecule has 1 saturated carbocycles.